The molecule has 0 saturated heterocycles. The molecule has 0 unspecified atom stereocenters. The summed E-state index contributed by atoms with van der Waals surface area (Å²) in [6.45, 7) is 3.87. The van der Waals surface area contributed by atoms with E-state index in [0.29, 0.717) is 34.6 Å². The van der Waals surface area contributed by atoms with Crippen LogP contribution in [0.4, 0.5) is 0 Å². The summed E-state index contributed by atoms with van der Waals surface area (Å²) in [6, 6.07) is 3.24. The normalized spacial score (nSPS) is 11.4. The predicted octanol–water partition coefficient (Wildman–Crippen LogP) is 3.66. The van der Waals surface area contributed by atoms with Crippen molar-refractivity contribution in [1.29, 1.82) is 0 Å². The van der Waals surface area contributed by atoms with Crippen molar-refractivity contribution in [1.82, 2.24) is 10.2 Å². The van der Waals surface area contributed by atoms with Crippen LogP contribution >= 0.6 is 23.4 Å². The fourth-order valence-electron chi connectivity index (χ4n) is 1.83. The highest BCUT2D eigenvalue weighted by Crippen LogP contribution is 2.37. The molecule has 0 aliphatic carbocycles. The molecular formula is C15H15ClN2O5S. The van der Waals surface area contributed by atoms with Crippen LogP contribution in [0.3, 0.4) is 0 Å². The summed E-state index contributed by atoms with van der Waals surface area (Å²) < 4.78 is 15.9. The van der Waals surface area contributed by atoms with E-state index in [1.54, 1.807) is 19.1 Å². The van der Waals surface area contributed by atoms with Gasteiger partial charge in [0.25, 0.3) is 5.22 Å². The average molecular weight is 371 g/mol. The molecule has 1 N–H and O–H groups in total. The van der Waals surface area contributed by atoms with Crippen LogP contribution in [-0.4, -0.2) is 35.0 Å². The summed E-state index contributed by atoms with van der Waals surface area (Å²) >= 11 is 7.02. The lowest BCUT2D eigenvalue weighted by atomic mass is 10.2. The largest absolute Gasteiger partial charge is 0.491 e. The Bertz CT molecular complexity index is 775. The van der Waals surface area contributed by atoms with Crippen LogP contribution in [0.1, 0.15) is 18.4 Å². The van der Waals surface area contributed by atoms with Crippen molar-refractivity contribution in [3.63, 3.8) is 0 Å². The van der Waals surface area contributed by atoms with Gasteiger partial charge in [0, 0.05) is 6.92 Å². The van der Waals surface area contributed by atoms with Gasteiger partial charge in [0.2, 0.25) is 5.89 Å². The number of thioether (sulfide) groups is 1. The average Bonchev–Trinajstić information content (AvgIpc) is 2.92. The van der Waals surface area contributed by atoms with E-state index >= 15 is 0 Å². The topological polar surface area (TPSA) is 94.7 Å². The zero-order chi connectivity index (χ0) is 17.7. The molecule has 24 heavy (non-hydrogen) atoms. The number of hydrogen-bond donors (Lipinski definition) is 1. The Morgan fingerprint density at radius 3 is 2.75 bits per heavy atom. The summed E-state index contributed by atoms with van der Waals surface area (Å²) in [5.74, 6) is 0.0592. The van der Waals surface area contributed by atoms with Gasteiger partial charge < -0.3 is 19.0 Å². The molecule has 2 aromatic rings. The second-order valence-corrected chi connectivity index (χ2v) is 5.87. The van der Waals surface area contributed by atoms with Gasteiger partial charge in [0.1, 0.15) is 4.91 Å². The number of ether oxygens (including phenoxy) is 2. The van der Waals surface area contributed by atoms with Crippen molar-refractivity contribution in [2.45, 2.75) is 19.1 Å². The number of halogens is 1. The monoisotopic (exact) mass is 370 g/mol. The van der Waals surface area contributed by atoms with Crippen molar-refractivity contribution in [2.24, 2.45) is 0 Å². The number of carboxylic acids is 1. The fraction of sp³-hybridized carbons (Fsp3) is 0.267. The molecule has 1 heterocycles. The number of aryl methyl sites for hydroxylation is 1. The predicted molar refractivity (Wildman–Crippen MR) is 89.7 cm³/mol. The van der Waals surface area contributed by atoms with Crippen molar-refractivity contribution < 1.29 is 23.8 Å². The zero-order valence-electron chi connectivity index (χ0n) is 13.2. The van der Waals surface area contributed by atoms with Gasteiger partial charge in [0.15, 0.2) is 11.5 Å². The smallest absolute Gasteiger partial charge is 0.342 e. The van der Waals surface area contributed by atoms with E-state index in [-0.39, 0.29) is 10.1 Å². The first-order valence-corrected chi connectivity index (χ1v) is 8.07. The first-order valence-electron chi connectivity index (χ1n) is 6.87. The van der Waals surface area contributed by atoms with Gasteiger partial charge in [-0.3, -0.25) is 0 Å². The van der Waals surface area contributed by atoms with Gasteiger partial charge in [-0.05, 0) is 42.5 Å². The lowest BCUT2D eigenvalue weighted by Gasteiger charge is -2.12. The fourth-order valence-corrected chi connectivity index (χ4v) is 2.84. The number of carboxylic acid groups (broad SMARTS) is 1. The van der Waals surface area contributed by atoms with Crippen LogP contribution in [-0.2, 0) is 4.79 Å². The van der Waals surface area contributed by atoms with E-state index in [1.165, 1.54) is 13.2 Å². The third-order valence-electron chi connectivity index (χ3n) is 2.75. The van der Waals surface area contributed by atoms with Crippen molar-refractivity contribution in [3.8, 4) is 11.5 Å². The molecule has 0 bridgehead atoms. The second-order valence-electron chi connectivity index (χ2n) is 4.47. The highest BCUT2D eigenvalue weighted by molar-refractivity contribution is 8.03. The minimum atomic E-state index is -1.12. The number of benzene rings is 1. The number of methoxy groups -OCH3 is 1. The van der Waals surface area contributed by atoms with Gasteiger partial charge in [-0.15, -0.1) is 10.2 Å². The molecule has 0 aliphatic heterocycles. The van der Waals surface area contributed by atoms with Crippen LogP contribution in [0, 0.1) is 6.92 Å². The summed E-state index contributed by atoms with van der Waals surface area (Å²) in [6.07, 6.45) is 1.44. The molecule has 1 aromatic heterocycles. The molecule has 0 fully saturated rings. The standard InChI is InChI=1S/C15H15ClN2O5S/c1-4-22-11-6-9(5-10(16)13(11)21-3)7-12(14(19)20)24-15-18-17-8(2)23-15/h5-7H,4H2,1-3H3,(H,19,20)/b12-7+. The SMILES string of the molecule is CCOc1cc(/C=C(/Sc2nnc(C)o2)C(=O)O)cc(Cl)c1OC. The molecule has 2 rings (SSSR count). The maximum atomic E-state index is 11.5. The zero-order valence-corrected chi connectivity index (χ0v) is 14.8. The summed E-state index contributed by atoms with van der Waals surface area (Å²) in [4.78, 5) is 11.5. The molecule has 128 valence electrons. The molecule has 0 amide bonds. The first kappa shape index (κ1) is 18.2. The van der Waals surface area contributed by atoms with E-state index in [1.807, 2.05) is 6.92 Å². The number of rotatable bonds is 7. The maximum absolute atomic E-state index is 11.5. The van der Waals surface area contributed by atoms with E-state index in [0.717, 1.165) is 11.8 Å². The molecule has 9 heteroatoms. The second kappa shape index (κ2) is 8.07. The Hall–Kier alpha value is -2.19. The van der Waals surface area contributed by atoms with Crippen molar-refractivity contribution in [2.75, 3.05) is 13.7 Å². The number of carbonyl (C=O) groups is 1. The van der Waals surface area contributed by atoms with Crippen LogP contribution < -0.4 is 9.47 Å². The number of aromatic nitrogens is 2. The lowest BCUT2D eigenvalue weighted by molar-refractivity contribution is -0.131. The Morgan fingerprint density at radius 1 is 1.46 bits per heavy atom. The van der Waals surface area contributed by atoms with Crippen LogP contribution in [0.15, 0.2) is 26.7 Å². The van der Waals surface area contributed by atoms with Gasteiger partial charge in [0.05, 0.1) is 18.7 Å². The van der Waals surface area contributed by atoms with Gasteiger partial charge in [-0.2, -0.15) is 0 Å². The third-order valence-corrected chi connectivity index (χ3v) is 3.88. The number of hydrogen-bond acceptors (Lipinski definition) is 7. The summed E-state index contributed by atoms with van der Waals surface area (Å²) in [5, 5.41) is 17.3. The summed E-state index contributed by atoms with van der Waals surface area (Å²) in [5.41, 5.74) is 0.547. The van der Waals surface area contributed by atoms with Gasteiger partial charge in [-0.25, -0.2) is 4.79 Å². The molecule has 0 saturated carbocycles. The Kier molecular flexibility index (Phi) is 6.10. The maximum Gasteiger partial charge on any atom is 0.342 e. The van der Waals surface area contributed by atoms with Crippen LogP contribution in [0.25, 0.3) is 6.08 Å². The summed E-state index contributed by atoms with van der Waals surface area (Å²) in [7, 11) is 1.48. The number of nitrogens with zero attached hydrogens (tertiary/aromatic N) is 2. The van der Waals surface area contributed by atoms with Crippen molar-refractivity contribution >= 4 is 35.4 Å². The minimum absolute atomic E-state index is 0.00216. The van der Waals surface area contributed by atoms with Crippen molar-refractivity contribution in [3.05, 3.63) is 33.5 Å². The highest BCUT2D eigenvalue weighted by atomic mass is 35.5. The Labute approximate surface area is 147 Å². The van der Waals surface area contributed by atoms with E-state index in [9.17, 15) is 9.90 Å². The molecule has 7 nitrogen and oxygen atoms in total. The first-order chi connectivity index (χ1) is 11.4. The number of aliphatic carboxylic acids is 1. The molecular weight excluding hydrogens is 356 g/mol. The van der Waals surface area contributed by atoms with Gasteiger partial charge in [-0.1, -0.05) is 11.6 Å². The quantitative estimate of drug-likeness (QED) is 0.582. The Balaban J connectivity index is 2.39. The minimum Gasteiger partial charge on any atom is -0.491 e. The Morgan fingerprint density at radius 2 is 2.21 bits per heavy atom. The molecule has 0 spiro atoms. The van der Waals surface area contributed by atoms with E-state index in [2.05, 4.69) is 10.2 Å². The van der Waals surface area contributed by atoms with E-state index < -0.39 is 5.97 Å². The molecule has 0 atom stereocenters. The van der Waals surface area contributed by atoms with Crippen LogP contribution in [0.2, 0.25) is 5.02 Å². The third kappa shape index (κ3) is 4.42. The van der Waals surface area contributed by atoms with Crippen LogP contribution in [0.5, 0.6) is 11.5 Å². The molecule has 0 aliphatic rings. The molecule has 0 radical (unpaired) electrons. The van der Waals surface area contributed by atoms with E-state index in [4.69, 9.17) is 25.5 Å². The lowest BCUT2D eigenvalue weighted by Crippen LogP contribution is -1.99. The van der Waals surface area contributed by atoms with Gasteiger partial charge >= 0.3 is 5.97 Å². The highest BCUT2D eigenvalue weighted by Gasteiger charge is 2.16. The molecule has 1 aromatic carbocycles.